The van der Waals surface area contributed by atoms with Gasteiger partial charge in [-0.15, -0.1) is 0 Å². The molecule has 8 N–H and O–H groups in total. The minimum absolute atomic E-state index is 0.00372. The lowest BCUT2D eigenvalue weighted by Gasteiger charge is -2.25. The minimum Gasteiger partial charge on any atom is -0.478 e. The summed E-state index contributed by atoms with van der Waals surface area (Å²) in [4.78, 5) is 23.4. The number of carbonyl (C=O) groups is 1. The lowest BCUT2D eigenvalue weighted by molar-refractivity contribution is -0.480. The van der Waals surface area contributed by atoms with Gasteiger partial charge >= 0.3 is 5.97 Å². The predicted molar refractivity (Wildman–Crippen MR) is 57.5 cm³/mol. The molecule has 0 amide bonds. The maximum atomic E-state index is 10.8. The molecule has 0 saturated heterocycles. The number of aliphatic imine (C=N–C) groups is 1. The number of nitro groups is 1. The summed E-state index contributed by atoms with van der Waals surface area (Å²) in [5.74, 6) is -2.36. The fourth-order valence-corrected chi connectivity index (χ4v) is 1.13. The third kappa shape index (κ3) is 4.61. The van der Waals surface area contributed by atoms with Crippen LogP contribution in [0, 0.1) is 10.1 Å². The molecule has 0 rings (SSSR count). The highest BCUT2D eigenvalue weighted by Gasteiger charge is 2.42. The largest absolute Gasteiger partial charge is 0.478 e. The molecule has 1 unspecified atom stereocenters. The Bertz CT molecular complexity index is 329. The highest BCUT2D eigenvalue weighted by molar-refractivity contribution is 5.84. The van der Waals surface area contributed by atoms with Crippen molar-refractivity contribution in [3.8, 4) is 0 Å². The van der Waals surface area contributed by atoms with Crippen molar-refractivity contribution in [3.05, 3.63) is 10.1 Å². The summed E-state index contributed by atoms with van der Waals surface area (Å²) in [6.07, 6.45) is -0.107. The number of nitrogens with two attached hydrogens (primary N) is 3. The van der Waals surface area contributed by atoms with E-state index in [0.717, 1.165) is 0 Å². The molecule has 0 aliphatic carbocycles. The lowest BCUT2D eigenvalue weighted by atomic mass is 10.0. The second kappa shape index (κ2) is 5.96. The smallest absolute Gasteiger partial charge is 0.360 e. The Morgan fingerprint density at radius 1 is 1.53 bits per heavy atom. The summed E-state index contributed by atoms with van der Waals surface area (Å²) in [7, 11) is 0. The van der Waals surface area contributed by atoms with Crippen LogP contribution in [0.4, 0.5) is 0 Å². The molecule has 0 aliphatic rings. The van der Waals surface area contributed by atoms with Gasteiger partial charge in [-0.1, -0.05) is 0 Å². The number of hydrogen-bond acceptors (Lipinski definition) is 6. The van der Waals surface area contributed by atoms with Gasteiger partial charge in [0.1, 0.15) is 0 Å². The molecule has 0 aliphatic heterocycles. The van der Waals surface area contributed by atoms with Crippen molar-refractivity contribution >= 4 is 11.9 Å². The quantitative estimate of drug-likeness (QED) is 0.140. The summed E-state index contributed by atoms with van der Waals surface area (Å²) in [6.45, 7) is -0.384. The van der Waals surface area contributed by atoms with Gasteiger partial charge in [-0.25, -0.2) is 9.79 Å². The van der Waals surface area contributed by atoms with E-state index in [9.17, 15) is 20.0 Å². The molecule has 0 radical (unpaired) electrons. The molecule has 0 aromatic heterocycles. The third-order valence-corrected chi connectivity index (χ3v) is 1.99. The monoisotopic (exact) mass is 249 g/mol. The first-order valence-electron chi connectivity index (χ1n) is 4.64. The van der Waals surface area contributed by atoms with Crippen LogP contribution < -0.4 is 17.2 Å². The SMILES string of the molecule is NC(N)=NC(O)(C(=O)O)[C@@H](N)CCC[N+](=O)[O-]. The first kappa shape index (κ1) is 15.1. The predicted octanol–water partition coefficient (Wildman–Crippen LogP) is -2.58. The third-order valence-electron chi connectivity index (χ3n) is 1.99. The Kier molecular flexibility index (Phi) is 5.28. The van der Waals surface area contributed by atoms with Crippen LogP contribution in [0.25, 0.3) is 0 Å². The average molecular weight is 249 g/mol. The number of guanidine groups is 1. The van der Waals surface area contributed by atoms with Crippen molar-refractivity contribution in [3.63, 3.8) is 0 Å². The van der Waals surface area contributed by atoms with E-state index in [2.05, 4.69) is 4.99 Å². The van der Waals surface area contributed by atoms with Gasteiger partial charge in [0.05, 0.1) is 6.04 Å². The normalized spacial score (nSPS) is 15.6. The Hall–Kier alpha value is -1.94. The van der Waals surface area contributed by atoms with Crippen LogP contribution in [0.15, 0.2) is 4.99 Å². The number of carboxylic acids is 1. The Morgan fingerprint density at radius 2 is 2.06 bits per heavy atom. The second-order valence-electron chi connectivity index (χ2n) is 3.37. The molecule has 10 heteroatoms. The van der Waals surface area contributed by atoms with Crippen LogP contribution in [0.5, 0.6) is 0 Å². The van der Waals surface area contributed by atoms with Crippen LogP contribution in [0.2, 0.25) is 0 Å². The van der Waals surface area contributed by atoms with Gasteiger partial charge in [0, 0.05) is 11.3 Å². The maximum absolute atomic E-state index is 10.8. The van der Waals surface area contributed by atoms with Crippen molar-refractivity contribution < 1.29 is 19.9 Å². The Morgan fingerprint density at radius 3 is 2.41 bits per heavy atom. The Labute approximate surface area is 96.2 Å². The molecule has 2 atom stereocenters. The Balaban J connectivity index is 4.67. The fourth-order valence-electron chi connectivity index (χ4n) is 1.13. The molecule has 0 heterocycles. The van der Waals surface area contributed by atoms with Crippen molar-refractivity contribution in [2.45, 2.75) is 24.6 Å². The maximum Gasteiger partial charge on any atom is 0.360 e. The molecule has 10 nitrogen and oxygen atoms in total. The van der Waals surface area contributed by atoms with Gasteiger partial charge in [0.25, 0.3) is 5.72 Å². The molecule has 0 aromatic rings. The highest BCUT2D eigenvalue weighted by Crippen LogP contribution is 2.15. The molecule has 0 aromatic carbocycles. The first-order valence-corrected chi connectivity index (χ1v) is 4.64. The molecule has 17 heavy (non-hydrogen) atoms. The number of rotatable bonds is 7. The average Bonchev–Trinajstić information content (AvgIpc) is 2.15. The van der Waals surface area contributed by atoms with E-state index in [1.165, 1.54) is 0 Å². The first-order chi connectivity index (χ1) is 7.70. The van der Waals surface area contributed by atoms with Gasteiger partial charge in [-0.2, -0.15) is 0 Å². The summed E-state index contributed by atoms with van der Waals surface area (Å²) in [5, 5.41) is 28.5. The van der Waals surface area contributed by atoms with Crippen molar-refractivity contribution in [1.82, 2.24) is 0 Å². The van der Waals surface area contributed by atoms with Crippen LogP contribution in [0.3, 0.4) is 0 Å². The van der Waals surface area contributed by atoms with E-state index in [-0.39, 0.29) is 19.4 Å². The molecular formula is C7H15N5O5. The molecular weight excluding hydrogens is 234 g/mol. The zero-order valence-corrected chi connectivity index (χ0v) is 8.94. The van der Waals surface area contributed by atoms with Crippen LogP contribution in [-0.2, 0) is 4.79 Å². The molecule has 0 fully saturated rings. The number of nitrogens with zero attached hydrogens (tertiary/aromatic N) is 2. The van der Waals surface area contributed by atoms with Crippen LogP contribution >= 0.6 is 0 Å². The summed E-state index contributed by atoms with van der Waals surface area (Å²) in [5.41, 5.74) is 12.7. The van der Waals surface area contributed by atoms with E-state index in [4.69, 9.17) is 22.3 Å². The van der Waals surface area contributed by atoms with Gasteiger partial charge in [0.2, 0.25) is 6.54 Å². The van der Waals surface area contributed by atoms with Gasteiger partial charge in [-0.05, 0) is 6.42 Å². The van der Waals surface area contributed by atoms with Gasteiger partial charge < -0.3 is 27.4 Å². The summed E-state index contributed by atoms with van der Waals surface area (Å²) in [6, 6.07) is -1.35. The van der Waals surface area contributed by atoms with Crippen LogP contribution in [-0.4, -0.2) is 45.4 Å². The van der Waals surface area contributed by atoms with E-state index < -0.39 is 28.6 Å². The summed E-state index contributed by atoms with van der Waals surface area (Å²) < 4.78 is 0. The number of aliphatic hydroxyl groups is 1. The zero-order valence-electron chi connectivity index (χ0n) is 8.94. The van der Waals surface area contributed by atoms with Crippen molar-refractivity contribution in [2.75, 3.05) is 6.54 Å². The molecule has 0 bridgehead atoms. The second-order valence-corrected chi connectivity index (χ2v) is 3.37. The van der Waals surface area contributed by atoms with Crippen LogP contribution in [0.1, 0.15) is 12.8 Å². The molecule has 0 saturated carbocycles. The summed E-state index contributed by atoms with van der Waals surface area (Å²) >= 11 is 0. The highest BCUT2D eigenvalue weighted by atomic mass is 16.6. The number of carboxylic acid groups (broad SMARTS) is 1. The standard InChI is InChI=1S/C7H15N5O5/c8-4(2-1-3-12(16)17)7(15,5(13)14)11-6(9)10/h4,15H,1-3,8H2,(H,13,14)(H4,9,10,11)/t4-,7?/m0/s1. The number of hydrogen-bond donors (Lipinski definition) is 5. The van der Waals surface area contributed by atoms with E-state index in [0.29, 0.717) is 0 Å². The topological polar surface area (TPSA) is 191 Å². The minimum atomic E-state index is -2.67. The zero-order chi connectivity index (χ0) is 13.6. The number of aliphatic carboxylic acids is 1. The van der Waals surface area contributed by atoms with Crippen molar-refractivity contribution in [1.29, 1.82) is 0 Å². The van der Waals surface area contributed by atoms with Gasteiger partial charge in [-0.3, -0.25) is 10.1 Å². The lowest BCUT2D eigenvalue weighted by Crippen LogP contribution is -2.54. The van der Waals surface area contributed by atoms with E-state index >= 15 is 0 Å². The van der Waals surface area contributed by atoms with Crippen molar-refractivity contribution in [2.24, 2.45) is 22.2 Å². The van der Waals surface area contributed by atoms with E-state index in [1.807, 2.05) is 0 Å². The van der Waals surface area contributed by atoms with E-state index in [1.54, 1.807) is 0 Å². The molecule has 0 spiro atoms. The molecule has 98 valence electrons. The van der Waals surface area contributed by atoms with Gasteiger partial charge in [0.15, 0.2) is 5.96 Å². The fraction of sp³-hybridized carbons (Fsp3) is 0.714.